The zero-order valence-corrected chi connectivity index (χ0v) is 18.9. The largest absolute Gasteiger partial charge is 0.432 e. The van der Waals surface area contributed by atoms with Gasteiger partial charge in [-0.2, -0.15) is 8.78 Å². The molecule has 2 aliphatic rings. The van der Waals surface area contributed by atoms with E-state index in [0.717, 1.165) is 42.4 Å². The summed E-state index contributed by atoms with van der Waals surface area (Å²) in [4.78, 5) is 0. The summed E-state index contributed by atoms with van der Waals surface area (Å²) in [6, 6.07) is 5.48. The summed E-state index contributed by atoms with van der Waals surface area (Å²) in [6.07, 6.45) is 13.9. The first-order valence-corrected chi connectivity index (χ1v) is 12.3. The number of fused-ring (bicyclic) bond motifs is 2. The molecule has 2 aromatic carbocycles. The quantitative estimate of drug-likeness (QED) is 0.288. The summed E-state index contributed by atoms with van der Waals surface area (Å²) < 4.78 is 58.2. The van der Waals surface area contributed by atoms with Gasteiger partial charge in [0.15, 0.2) is 11.6 Å². The van der Waals surface area contributed by atoms with Crippen LogP contribution in [0, 0.1) is 29.4 Å². The van der Waals surface area contributed by atoms with E-state index in [4.69, 9.17) is 0 Å². The standard InChI is InChI=1S/C27H34F4O/c1-2-3-4-5-6-17-7-8-19-12-20(10-9-18(19)11-17)21-13-22-15-25(29)26(32-27(30)31)16-23(22)24(28)14-21/h13-20,27H,2-12H2,1H3. The molecule has 0 heterocycles. The van der Waals surface area contributed by atoms with Crippen molar-refractivity contribution in [2.24, 2.45) is 17.8 Å². The fraction of sp³-hybridized carbons (Fsp3) is 0.630. The Balaban J connectivity index is 1.42. The molecule has 32 heavy (non-hydrogen) atoms. The first-order valence-electron chi connectivity index (χ1n) is 12.3. The van der Waals surface area contributed by atoms with Gasteiger partial charge < -0.3 is 4.74 Å². The third kappa shape index (κ3) is 5.40. The Morgan fingerprint density at radius 3 is 2.44 bits per heavy atom. The van der Waals surface area contributed by atoms with E-state index < -0.39 is 24.0 Å². The van der Waals surface area contributed by atoms with Crippen LogP contribution in [-0.4, -0.2) is 6.61 Å². The number of alkyl halides is 2. The fourth-order valence-corrected chi connectivity index (χ4v) is 6.17. The van der Waals surface area contributed by atoms with Gasteiger partial charge in [0.1, 0.15) is 5.82 Å². The number of halogens is 4. The number of rotatable bonds is 8. The lowest BCUT2D eigenvalue weighted by molar-refractivity contribution is -0.0520. The number of unbranched alkanes of at least 4 members (excludes halogenated alkanes) is 3. The SMILES string of the molecule is CCCCCCC1CCC2CC(c3cc(F)c4cc(OC(F)F)c(F)cc4c3)CCC2C1. The molecule has 0 N–H and O–H groups in total. The molecule has 1 nitrogen and oxygen atoms in total. The van der Waals surface area contributed by atoms with Gasteiger partial charge in [0, 0.05) is 5.39 Å². The van der Waals surface area contributed by atoms with Gasteiger partial charge >= 0.3 is 6.61 Å². The van der Waals surface area contributed by atoms with E-state index in [2.05, 4.69) is 11.7 Å². The van der Waals surface area contributed by atoms with Crippen molar-refractivity contribution in [1.29, 1.82) is 0 Å². The highest BCUT2D eigenvalue weighted by Crippen LogP contribution is 2.49. The van der Waals surface area contributed by atoms with E-state index in [1.165, 1.54) is 63.9 Å². The Morgan fingerprint density at radius 1 is 0.875 bits per heavy atom. The van der Waals surface area contributed by atoms with Gasteiger partial charge in [0.05, 0.1) is 0 Å². The van der Waals surface area contributed by atoms with E-state index in [9.17, 15) is 17.6 Å². The molecule has 0 spiro atoms. The second-order valence-corrected chi connectivity index (χ2v) is 9.94. The average Bonchev–Trinajstić information content (AvgIpc) is 2.77. The van der Waals surface area contributed by atoms with Crippen LogP contribution in [0.2, 0.25) is 0 Å². The van der Waals surface area contributed by atoms with Gasteiger partial charge in [0.2, 0.25) is 0 Å². The van der Waals surface area contributed by atoms with Gasteiger partial charge in [-0.1, -0.05) is 51.5 Å². The maximum absolute atomic E-state index is 14.8. The van der Waals surface area contributed by atoms with E-state index in [0.29, 0.717) is 11.3 Å². The molecule has 2 saturated carbocycles. The molecular weight excluding hydrogens is 416 g/mol. The van der Waals surface area contributed by atoms with Gasteiger partial charge in [-0.3, -0.25) is 0 Å². The molecule has 2 aliphatic carbocycles. The Hall–Kier alpha value is -1.78. The maximum atomic E-state index is 14.8. The minimum atomic E-state index is -3.15. The lowest BCUT2D eigenvalue weighted by Crippen LogP contribution is -2.30. The molecule has 2 aromatic rings. The molecule has 0 aliphatic heterocycles. The monoisotopic (exact) mass is 450 g/mol. The van der Waals surface area contributed by atoms with Crippen LogP contribution in [0.4, 0.5) is 17.6 Å². The highest BCUT2D eigenvalue weighted by Gasteiger charge is 2.36. The molecule has 4 unspecified atom stereocenters. The van der Waals surface area contributed by atoms with Crippen molar-refractivity contribution in [2.75, 3.05) is 0 Å². The molecule has 4 atom stereocenters. The number of ether oxygens (including phenoxy) is 1. The molecule has 4 rings (SSSR count). The van der Waals surface area contributed by atoms with Crippen LogP contribution in [0.5, 0.6) is 5.75 Å². The zero-order chi connectivity index (χ0) is 22.7. The minimum absolute atomic E-state index is 0.114. The molecule has 0 saturated heterocycles. The smallest absolute Gasteiger partial charge is 0.387 e. The summed E-state index contributed by atoms with van der Waals surface area (Å²) in [7, 11) is 0. The first-order chi connectivity index (χ1) is 15.4. The first kappa shape index (κ1) is 23.4. The van der Waals surface area contributed by atoms with Gasteiger partial charge in [-0.25, -0.2) is 8.78 Å². The molecule has 0 amide bonds. The Bertz CT molecular complexity index is 912. The van der Waals surface area contributed by atoms with Gasteiger partial charge in [0.25, 0.3) is 0 Å². The summed E-state index contributed by atoms with van der Waals surface area (Å²) >= 11 is 0. The van der Waals surface area contributed by atoms with Crippen molar-refractivity contribution in [2.45, 2.75) is 90.1 Å². The van der Waals surface area contributed by atoms with Crippen molar-refractivity contribution in [1.82, 2.24) is 0 Å². The van der Waals surface area contributed by atoms with Crippen LogP contribution in [0.1, 0.15) is 89.0 Å². The van der Waals surface area contributed by atoms with Crippen LogP contribution in [0.15, 0.2) is 24.3 Å². The van der Waals surface area contributed by atoms with Crippen molar-refractivity contribution >= 4 is 10.8 Å². The fourth-order valence-electron chi connectivity index (χ4n) is 6.17. The van der Waals surface area contributed by atoms with E-state index in [1.807, 2.05) is 6.07 Å². The Kier molecular flexibility index (Phi) is 7.63. The third-order valence-electron chi connectivity index (χ3n) is 7.85. The number of benzene rings is 2. The zero-order valence-electron chi connectivity index (χ0n) is 18.9. The van der Waals surface area contributed by atoms with Crippen molar-refractivity contribution < 1.29 is 22.3 Å². The predicted octanol–water partition coefficient (Wildman–Crippen LogP) is 8.99. The van der Waals surface area contributed by atoms with Gasteiger partial charge in [-0.15, -0.1) is 0 Å². The van der Waals surface area contributed by atoms with Crippen molar-refractivity contribution in [3.05, 3.63) is 41.5 Å². The van der Waals surface area contributed by atoms with Crippen LogP contribution in [0.25, 0.3) is 10.8 Å². The third-order valence-corrected chi connectivity index (χ3v) is 7.85. The summed E-state index contributed by atoms with van der Waals surface area (Å²) in [5.41, 5.74) is 0.900. The van der Waals surface area contributed by atoms with Crippen molar-refractivity contribution in [3.8, 4) is 5.75 Å². The average molecular weight is 451 g/mol. The minimum Gasteiger partial charge on any atom is -0.432 e. The topological polar surface area (TPSA) is 9.23 Å². The van der Waals surface area contributed by atoms with Gasteiger partial charge in [-0.05, 0) is 84.9 Å². The second-order valence-electron chi connectivity index (χ2n) is 9.94. The second kappa shape index (κ2) is 10.4. The maximum Gasteiger partial charge on any atom is 0.387 e. The van der Waals surface area contributed by atoms with Crippen LogP contribution >= 0.6 is 0 Å². The molecule has 0 bridgehead atoms. The number of hydrogen-bond donors (Lipinski definition) is 0. The van der Waals surface area contributed by atoms with Crippen LogP contribution in [0.3, 0.4) is 0 Å². The summed E-state index contributed by atoms with van der Waals surface area (Å²) in [5, 5.41) is 0.514. The highest BCUT2D eigenvalue weighted by molar-refractivity contribution is 5.85. The predicted molar refractivity (Wildman–Crippen MR) is 120 cm³/mol. The van der Waals surface area contributed by atoms with E-state index in [1.54, 1.807) is 0 Å². The lowest BCUT2D eigenvalue weighted by Gasteiger charge is -2.42. The Labute approximate surface area is 188 Å². The molecule has 176 valence electrons. The molecule has 0 aromatic heterocycles. The van der Waals surface area contributed by atoms with Crippen LogP contribution < -0.4 is 4.74 Å². The summed E-state index contributed by atoms with van der Waals surface area (Å²) in [6.45, 7) is -0.897. The number of hydrogen-bond acceptors (Lipinski definition) is 1. The summed E-state index contributed by atoms with van der Waals surface area (Å²) in [5.74, 6) is 0.605. The van der Waals surface area contributed by atoms with Crippen LogP contribution in [-0.2, 0) is 0 Å². The Morgan fingerprint density at radius 2 is 1.66 bits per heavy atom. The molecule has 5 heteroatoms. The van der Waals surface area contributed by atoms with E-state index >= 15 is 0 Å². The lowest BCUT2D eigenvalue weighted by atomic mass is 9.63. The molecular formula is C27H34F4O. The normalized spacial score (nSPS) is 25.8. The molecule has 0 radical (unpaired) electrons. The van der Waals surface area contributed by atoms with Crippen molar-refractivity contribution in [3.63, 3.8) is 0 Å². The molecule has 2 fully saturated rings. The highest BCUT2D eigenvalue weighted by atomic mass is 19.3. The van der Waals surface area contributed by atoms with E-state index in [-0.39, 0.29) is 11.3 Å².